The maximum Gasteiger partial charge on any atom is 0.272 e. The predicted octanol–water partition coefficient (Wildman–Crippen LogP) is 0.394. The quantitative estimate of drug-likeness (QED) is 0.671. The van der Waals surface area contributed by atoms with Crippen LogP contribution in [0.4, 0.5) is 0 Å². The molecule has 0 unspecified atom stereocenters. The molecule has 0 amide bonds. The fourth-order valence-corrected chi connectivity index (χ4v) is 1.45. The van der Waals surface area contributed by atoms with Crippen molar-refractivity contribution in [2.45, 2.75) is 31.9 Å². The molecule has 1 aromatic rings. The Morgan fingerprint density at radius 1 is 1.67 bits per heavy atom. The first-order valence-electron chi connectivity index (χ1n) is 4.22. The zero-order valence-corrected chi connectivity index (χ0v) is 6.79. The molecule has 0 aliphatic heterocycles. The van der Waals surface area contributed by atoms with Crippen LogP contribution in [0.25, 0.3) is 0 Å². The van der Waals surface area contributed by atoms with Crippen molar-refractivity contribution in [3.8, 4) is 0 Å². The summed E-state index contributed by atoms with van der Waals surface area (Å²) < 4.78 is 1.62. The third-order valence-corrected chi connectivity index (χ3v) is 2.48. The molecule has 0 spiro atoms. The monoisotopic (exact) mass is 168 g/mol. The highest BCUT2D eigenvalue weighted by atomic mass is 16.3. The smallest absolute Gasteiger partial charge is 0.272 e. The summed E-state index contributed by atoms with van der Waals surface area (Å²) in [5.41, 5.74) is 0.393. The summed E-state index contributed by atoms with van der Waals surface area (Å²) in [5.74, 6) is 0. The van der Waals surface area contributed by atoms with E-state index in [0.717, 1.165) is 12.8 Å². The van der Waals surface area contributed by atoms with Crippen LogP contribution < -0.4 is 5.56 Å². The first-order chi connectivity index (χ1) is 5.83. The fraction of sp³-hybridized carbons (Fsp3) is 0.625. The second-order valence-electron chi connectivity index (χ2n) is 3.22. The molecule has 1 saturated carbocycles. The second-order valence-corrected chi connectivity index (χ2v) is 3.22. The number of aromatic nitrogens is 2. The molecule has 0 saturated heterocycles. The van der Waals surface area contributed by atoms with Gasteiger partial charge in [-0.05, 0) is 19.3 Å². The van der Waals surface area contributed by atoms with Gasteiger partial charge in [0.25, 0.3) is 5.56 Å². The highest BCUT2D eigenvalue weighted by molar-refractivity contribution is 5.03. The lowest BCUT2D eigenvalue weighted by atomic mass is 9.93. The SMILES string of the molecule is O=c1c(CO)c[nH]n1C1CCC1. The number of aromatic amines is 1. The summed E-state index contributed by atoms with van der Waals surface area (Å²) in [6, 6.07) is 0.345. The van der Waals surface area contributed by atoms with Crippen molar-refractivity contribution in [3.63, 3.8) is 0 Å². The van der Waals surface area contributed by atoms with Gasteiger partial charge in [-0.3, -0.25) is 4.79 Å². The van der Waals surface area contributed by atoms with Crippen LogP contribution in [0, 0.1) is 0 Å². The molecule has 0 atom stereocenters. The number of rotatable bonds is 2. The van der Waals surface area contributed by atoms with Gasteiger partial charge >= 0.3 is 0 Å². The van der Waals surface area contributed by atoms with Crippen molar-refractivity contribution in [3.05, 3.63) is 22.1 Å². The number of hydrogen-bond donors (Lipinski definition) is 2. The molecule has 4 nitrogen and oxygen atoms in total. The van der Waals surface area contributed by atoms with E-state index in [1.54, 1.807) is 10.9 Å². The Kier molecular flexibility index (Phi) is 1.77. The third kappa shape index (κ3) is 0.992. The van der Waals surface area contributed by atoms with Crippen molar-refractivity contribution in [2.24, 2.45) is 0 Å². The molecule has 2 rings (SSSR count). The molecular weight excluding hydrogens is 156 g/mol. The first kappa shape index (κ1) is 7.61. The molecule has 1 aromatic heterocycles. The molecule has 0 bridgehead atoms. The second kappa shape index (κ2) is 2.79. The van der Waals surface area contributed by atoms with Crippen LogP contribution in [0.15, 0.2) is 11.0 Å². The fourth-order valence-electron chi connectivity index (χ4n) is 1.45. The van der Waals surface area contributed by atoms with Crippen LogP contribution in [-0.4, -0.2) is 14.9 Å². The van der Waals surface area contributed by atoms with Gasteiger partial charge in [0.05, 0.1) is 18.2 Å². The average Bonchev–Trinajstić information content (AvgIpc) is 2.30. The minimum Gasteiger partial charge on any atom is -0.391 e. The third-order valence-electron chi connectivity index (χ3n) is 2.48. The summed E-state index contributed by atoms with van der Waals surface area (Å²) in [6.07, 6.45) is 4.93. The molecule has 2 N–H and O–H groups in total. The predicted molar refractivity (Wildman–Crippen MR) is 43.9 cm³/mol. The summed E-state index contributed by atoms with van der Waals surface area (Å²) in [6.45, 7) is -0.172. The van der Waals surface area contributed by atoms with Crippen molar-refractivity contribution in [1.82, 2.24) is 9.78 Å². The van der Waals surface area contributed by atoms with Gasteiger partial charge in [0.15, 0.2) is 0 Å². The minimum atomic E-state index is -0.172. The van der Waals surface area contributed by atoms with E-state index >= 15 is 0 Å². The Morgan fingerprint density at radius 3 is 2.83 bits per heavy atom. The lowest BCUT2D eigenvalue weighted by Gasteiger charge is -2.25. The van der Waals surface area contributed by atoms with Crippen molar-refractivity contribution in [2.75, 3.05) is 0 Å². The van der Waals surface area contributed by atoms with Gasteiger partial charge in [-0.1, -0.05) is 0 Å². The van der Waals surface area contributed by atoms with Gasteiger partial charge in [0, 0.05) is 6.20 Å². The Hall–Kier alpha value is -1.03. The molecule has 0 aromatic carbocycles. The van der Waals surface area contributed by atoms with Crippen molar-refractivity contribution in [1.29, 1.82) is 0 Å². The van der Waals surface area contributed by atoms with Crippen LogP contribution in [0.2, 0.25) is 0 Å². The summed E-state index contributed by atoms with van der Waals surface area (Å²) in [4.78, 5) is 11.4. The number of nitrogens with one attached hydrogen (secondary N) is 1. The standard InChI is InChI=1S/C8H12N2O2/c11-5-6-4-9-10(8(6)12)7-2-1-3-7/h4,7,9,11H,1-3,5H2. The Labute approximate surface area is 69.8 Å². The maximum atomic E-state index is 11.4. The van der Waals surface area contributed by atoms with Gasteiger partial charge in [-0.15, -0.1) is 0 Å². The molecule has 1 fully saturated rings. The molecule has 1 aliphatic rings. The number of H-pyrrole nitrogens is 1. The van der Waals surface area contributed by atoms with E-state index < -0.39 is 0 Å². The topological polar surface area (TPSA) is 58.0 Å². The highest BCUT2D eigenvalue weighted by Gasteiger charge is 2.21. The number of aliphatic hydroxyl groups is 1. The van der Waals surface area contributed by atoms with Crippen molar-refractivity contribution >= 4 is 0 Å². The number of aliphatic hydroxyl groups excluding tert-OH is 1. The lowest BCUT2D eigenvalue weighted by molar-refractivity contribution is 0.271. The lowest BCUT2D eigenvalue weighted by Crippen LogP contribution is -2.28. The van der Waals surface area contributed by atoms with Crippen LogP contribution in [-0.2, 0) is 6.61 Å². The molecule has 0 radical (unpaired) electrons. The van der Waals surface area contributed by atoms with E-state index in [2.05, 4.69) is 5.10 Å². The summed E-state index contributed by atoms with van der Waals surface area (Å²) >= 11 is 0. The van der Waals surface area contributed by atoms with E-state index in [4.69, 9.17) is 5.11 Å². The Morgan fingerprint density at radius 2 is 2.42 bits per heavy atom. The summed E-state index contributed by atoms with van der Waals surface area (Å²) in [7, 11) is 0. The molecule has 4 heteroatoms. The minimum absolute atomic E-state index is 0.0674. The van der Waals surface area contributed by atoms with Crippen LogP contribution in [0.1, 0.15) is 30.9 Å². The number of hydrogen-bond acceptors (Lipinski definition) is 2. The van der Waals surface area contributed by atoms with E-state index in [1.165, 1.54) is 6.42 Å². The molecule has 12 heavy (non-hydrogen) atoms. The summed E-state index contributed by atoms with van der Waals surface area (Å²) in [5, 5.41) is 11.6. The maximum absolute atomic E-state index is 11.4. The van der Waals surface area contributed by atoms with Gasteiger partial charge in [0.1, 0.15) is 0 Å². The zero-order chi connectivity index (χ0) is 8.55. The van der Waals surface area contributed by atoms with Gasteiger partial charge < -0.3 is 10.2 Å². The van der Waals surface area contributed by atoms with E-state index in [1.807, 2.05) is 0 Å². The Balaban J connectivity index is 2.32. The Bertz CT molecular complexity index is 322. The molecule has 1 heterocycles. The molecular formula is C8H12N2O2. The van der Waals surface area contributed by atoms with Gasteiger partial charge in [0.2, 0.25) is 0 Å². The highest BCUT2D eigenvalue weighted by Crippen LogP contribution is 2.29. The average molecular weight is 168 g/mol. The van der Waals surface area contributed by atoms with Crippen LogP contribution in [0.5, 0.6) is 0 Å². The molecule has 1 aliphatic carbocycles. The van der Waals surface area contributed by atoms with E-state index in [9.17, 15) is 4.79 Å². The zero-order valence-electron chi connectivity index (χ0n) is 6.79. The van der Waals surface area contributed by atoms with Crippen molar-refractivity contribution < 1.29 is 5.11 Å². The van der Waals surface area contributed by atoms with Crippen LogP contribution >= 0.6 is 0 Å². The van der Waals surface area contributed by atoms with E-state index in [0.29, 0.717) is 11.6 Å². The largest absolute Gasteiger partial charge is 0.391 e. The van der Waals surface area contributed by atoms with Crippen LogP contribution in [0.3, 0.4) is 0 Å². The number of nitrogens with zero attached hydrogens (tertiary/aromatic N) is 1. The first-order valence-corrected chi connectivity index (χ1v) is 4.22. The van der Waals surface area contributed by atoms with E-state index in [-0.39, 0.29) is 12.2 Å². The molecule has 66 valence electrons. The normalized spacial score (nSPS) is 17.8. The van der Waals surface area contributed by atoms with Gasteiger partial charge in [-0.2, -0.15) is 0 Å². The van der Waals surface area contributed by atoms with Gasteiger partial charge in [-0.25, -0.2) is 4.68 Å².